The molecule has 0 bridgehead atoms. The minimum Gasteiger partial charge on any atom is -0.296 e. The van der Waals surface area contributed by atoms with Crippen LogP contribution in [0.15, 0.2) is 29.6 Å². The molecule has 1 aromatic heterocycles. The van der Waals surface area contributed by atoms with Gasteiger partial charge in [0.15, 0.2) is 3.95 Å². The monoisotopic (exact) mass is 252 g/mol. The molecule has 0 amide bonds. The van der Waals surface area contributed by atoms with Crippen LogP contribution in [0.5, 0.6) is 0 Å². The fourth-order valence-electron chi connectivity index (χ4n) is 1.44. The average Bonchev–Trinajstić information content (AvgIpc) is 2.59. The van der Waals surface area contributed by atoms with E-state index in [0.29, 0.717) is 3.95 Å². The van der Waals surface area contributed by atoms with E-state index in [1.165, 1.54) is 23.5 Å². The molecule has 0 unspecified atom stereocenters. The predicted octanol–water partition coefficient (Wildman–Crippen LogP) is 3.48. The summed E-state index contributed by atoms with van der Waals surface area (Å²) in [5, 5.41) is 12.6. The Morgan fingerprint density at radius 1 is 1.50 bits per heavy atom. The summed E-state index contributed by atoms with van der Waals surface area (Å²) in [5.41, 5.74) is 1.79. The first kappa shape index (κ1) is 11.0. The largest absolute Gasteiger partial charge is 0.296 e. The smallest absolute Gasteiger partial charge is 0.271 e. The van der Waals surface area contributed by atoms with Crippen LogP contribution in [0.4, 0.5) is 5.69 Å². The summed E-state index contributed by atoms with van der Waals surface area (Å²) < 4.78 is 2.52. The summed E-state index contributed by atoms with van der Waals surface area (Å²) in [6.07, 6.45) is 0. The van der Waals surface area contributed by atoms with Crippen molar-refractivity contribution in [1.29, 1.82) is 0 Å². The van der Waals surface area contributed by atoms with Gasteiger partial charge in [-0.15, -0.1) is 11.3 Å². The number of nitrogens with zero attached hydrogens (tertiary/aromatic N) is 2. The van der Waals surface area contributed by atoms with Crippen molar-refractivity contribution in [1.82, 2.24) is 4.57 Å². The Kier molecular flexibility index (Phi) is 2.84. The van der Waals surface area contributed by atoms with E-state index in [1.54, 1.807) is 6.07 Å². The molecule has 6 heteroatoms. The molecule has 0 spiro atoms. The lowest BCUT2D eigenvalue weighted by atomic mass is 10.3. The Bertz CT molecular complexity index is 601. The van der Waals surface area contributed by atoms with E-state index >= 15 is 0 Å². The van der Waals surface area contributed by atoms with Gasteiger partial charge in [-0.25, -0.2) is 0 Å². The molecule has 1 heterocycles. The second-order valence-corrected chi connectivity index (χ2v) is 4.76. The number of hydrogen-bond donors (Lipinski definition) is 0. The number of aromatic nitrogens is 1. The summed E-state index contributed by atoms with van der Waals surface area (Å²) in [6, 6.07) is 6.46. The fourth-order valence-corrected chi connectivity index (χ4v) is 2.57. The van der Waals surface area contributed by atoms with Gasteiger partial charge in [-0.1, -0.05) is 6.07 Å². The Morgan fingerprint density at radius 2 is 2.25 bits per heavy atom. The molecule has 2 rings (SSSR count). The molecule has 0 fully saturated rings. The Morgan fingerprint density at radius 3 is 2.81 bits per heavy atom. The van der Waals surface area contributed by atoms with Crippen molar-refractivity contribution in [2.24, 2.45) is 0 Å². The third-order valence-electron chi connectivity index (χ3n) is 2.16. The molecule has 0 aliphatic rings. The van der Waals surface area contributed by atoms with Crippen LogP contribution in [0.25, 0.3) is 5.69 Å². The number of benzene rings is 1. The summed E-state index contributed by atoms with van der Waals surface area (Å²) >= 11 is 6.62. The molecule has 1 aromatic carbocycles. The van der Waals surface area contributed by atoms with Gasteiger partial charge in [0.2, 0.25) is 0 Å². The third kappa shape index (κ3) is 1.89. The number of nitro benzene ring substituents is 1. The van der Waals surface area contributed by atoms with Crippen molar-refractivity contribution in [3.8, 4) is 5.69 Å². The molecular formula is C10H8N2O2S2. The number of aryl methyl sites for hydroxylation is 1. The predicted molar refractivity (Wildman–Crippen MR) is 65.9 cm³/mol. The zero-order chi connectivity index (χ0) is 11.7. The number of non-ortho nitro benzene ring substituents is 1. The summed E-state index contributed by atoms with van der Waals surface area (Å²) in [5.74, 6) is 0. The van der Waals surface area contributed by atoms with Gasteiger partial charge in [0, 0.05) is 23.2 Å². The van der Waals surface area contributed by atoms with E-state index in [2.05, 4.69) is 0 Å². The van der Waals surface area contributed by atoms with E-state index in [4.69, 9.17) is 12.2 Å². The van der Waals surface area contributed by atoms with Gasteiger partial charge >= 0.3 is 0 Å². The van der Waals surface area contributed by atoms with Crippen molar-refractivity contribution in [3.63, 3.8) is 0 Å². The van der Waals surface area contributed by atoms with Crippen molar-refractivity contribution in [3.05, 3.63) is 49.4 Å². The Balaban J connectivity index is 2.61. The van der Waals surface area contributed by atoms with Crippen molar-refractivity contribution in [2.75, 3.05) is 0 Å². The minimum atomic E-state index is -0.408. The van der Waals surface area contributed by atoms with Crippen LogP contribution in [0.2, 0.25) is 0 Å². The molecule has 0 saturated heterocycles. The van der Waals surface area contributed by atoms with E-state index in [1.807, 2.05) is 22.9 Å². The lowest BCUT2D eigenvalue weighted by Gasteiger charge is -2.04. The van der Waals surface area contributed by atoms with Crippen molar-refractivity contribution < 1.29 is 4.92 Å². The van der Waals surface area contributed by atoms with Gasteiger partial charge < -0.3 is 0 Å². The first-order chi connectivity index (χ1) is 7.59. The number of thiazole rings is 1. The van der Waals surface area contributed by atoms with Crippen LogP contribution in [0.1, 0.15) is 5.69 Å². The fraction of sp³-hybridized carbons (Fsp3) is 0.100. The molecule has 0 aliphatic carbocycles. The quantitative estimate of drug-likeness (QED) is 0.467. The van der Waals surface area contributed by atoms with Gasteiger partial charge in [-0.3, -0.25) is 14.7 Å². The highest BCUT2D eigenvalue weighted by Gasteiger charge is 2.08. The van der Waals surface area contributed by atoms with Crippen molar-refractivity contribution >= 4 is 29.2 Å². The normalized spacial score (nSPS) is 10.3. The van der Waals surface area contributed by atoms with Crippen molar-refractivity contribution in [2.45, 2.75) is 6.92 Å². The maximum atomic E-state index is 10.7. The second-order valence-electron chi connectivity index (χ2n) is 3.26. The lowest BCUT2D eigenvalue weighted by Crippen LogP contribution is -1.97. The van der Waals surface area contributed by atoms with Gasteiger partial charge in [0.05, 0.1) is 10.6 Å². The third-order valence-corrected chi connectivity index (χ3v) is 3.48. The second kappa shape index (κ2) is 4.15. The van der Waals surface area contributed by atoms with Crippen LogP contribution >= 0.6 is 23.6 Å². The first-order valence-electron chi connectivity index (χ1n) is 4.51. The van der Waals surface area contributed by atoms with Gasteiger partial charge in [-0.2, -0.15) is 0 Å². The van der Waals surface area contributed by atoms with Crippen LogP contribution in [-0.4, -0.2) is 9.49 Å². The number of rotatable bonds is 2. The highest BCUT2D eigenvalue weighted by Crippen LogP contribution is 2.21. The van der Waals surface area contributed by atoms with Gasteiger partial charge in [0.1, 0.15) is 0 Å². The van der Waals surface area contributed by atoms with Crippen LogP contribution < -0.4 is 0 Å². The molecule has 16 heavy (non-hydrogen) atoms. The first-order valence-corrected chi connectivity index (χ1v) is 5.80. The highest BCUT2D eigenvalue weighted by atomic mass is 32.1. The summed E-state index contributed by atoms with van der Waals surface area (Å²) in [7, 11) is 0. The molecule has 0 saturated carbocycles. The van der Waals surface area contributed by atoms with Gasteiger partial charge in [-0.05, 0) is 25.2 Å². The Labute approximate surface area is 101 Å². The average molecular weight is 252 g/mol. The Hall–Kier alpha value is -1.53. The summed E-state index contributed by atoms with van der Waals surface area (Å²) in [4.78, 5) is 10.3. The molecule has 0 N–H and O–H groups in total. The van der Waals surface area contributed by atoms with Gasteiger partial charge in [0.25, 0.3) is 5.69 Å². The highest BCUT2D eigenvalue weighted by molar-refractivity contribution is 7.73. The van der Waals surface area contributed by atoms with Crippen LogP contribution in [0, 0.1) is 21.0 Å². The maximum absolute atomic E-state index is 10.7. The summed E-state index contributed by atoms with van der Waals surface area (Å²) in [6.45, 7) is 1.92. The van der Waals surface area contributed by atoms with E-state index in [9.17, 15) is 10.1 Å². The number of nitro groups is 1. The molecular weight excluding hydrogens is 244 g/mol. The van der Waals surface area contributed by atoms with E-state index in [0.717, 1.165) is 11.4 Å². The van der Waals surface area contributed by atoms with E-state index in [-0.39, 0.29) is 5.69 Å². The molecule has 0 atom stereocenters. The van der Waals surface area contributed by atoms with E-state index < -0.39 is 4.92 Å². The lowest BCUT2D eigenvalue weighted by molar-refractivity contribution is -0.384. The molecule has 2 aromatic rings. The molecule has 4 nitrogen and oxygen atoms in total. The zero-order valence-corrected chi connectivity index (χ0v) is 10.0. The standard InChI is InChI=1S/C10H8N2O2S2/c1-7-6-16-10(15)11(7)8-3-2-4-9(5-8)12(13)14/h2-6H,1H3. The zero-order valence-electron chi connectivity index (χ0n) is 8.41. The number of hydrogen-bond acceptors (Lipinski definition) is 4. The minimum absolute atomic E-state index is 0.0741. The van der Waals surface area contributed by atoms with Crippen LogP contribution in [-0.2, 0) is 0 Å². The molecule has 0 aliphatic heterocycles. The molecule has 82 valence electrons. The maximum Gasteiger partial charge on any atom is 0.271 e. The molecule has 0 radical (unpaired) electrons. The SMILES string of the molecule is Cc1csc(=S)n1-c1cccc([N+](=O)[O-])c1. The topological polar surface area (TPSA) is 48.1 Å². The van der Waals surface area contributed by atoms with Crippen LogP contribution in [0.3, 0.4) is 0 Å².